The van der Waals surface area contributed by atoms with Gasteiger partial charge in [-0.1, -0.05) is 176 Å². The zero-order valence-corrected chi connectivity index (χ0v) is 31.3. The van der Waals surface area contributed by atoms with Gasteiger partial charge in [-0.15, -0.1) is 0 Å². The van der Waals surface area contributed by atoms with E-state index in [0.29, 0.717) is 0 Å². The highest BCUT2D eigenvalue weighted by molar-refractivity contribution is 7.00. The van der Waals surface area contributed by atoms with Gasteiger partial charge in [0.25, 0.3) is 6.71 Å². The summed E-state index contributed by atoms with van der Waals surface area (Å²) >= 11 is 0. The van der Waals surface area contributed by atoms with Crippen LogP contribution < -0.4 is 26.2 Å². The van der Waals surface area contributed by atoms with Gasteiger partial charge in [-0.05, 0) is 109 Å². The third-order valence-electron chi connectivity index (χ3n) is 11.7. The summed E-state index contributed by atoms with van der Waals surface area (Å²) in [4.78, 5) is 5.00. The van der Waals surface area contributed by atoms with Crippen LogP contribution in [0.4, 0.5) is 34.1 Å². The number of fused-ring (bicyclic) bond motifs is 4. The van der Waals surface area contributed by atoms with Gasteiger partial charge >= 0.3 is 0 Å². The second-order valence-electron chi connectivity index (χ2n) is 14.9. The van der Waals surface area contributed by atoms with Crippen LogP contribution in [0, 0.1) is 0 Å². The van der Waals surface area contributed by atoms with Crippen LogP contribution in [0.2, 0.25) is 0 Å². The molecule has 57 heavy (non-hydrogen) atoms. The quantitative estimate of drug-likeness (QED) is 0.158. The first-order chi connectivity index (χ1) is 28.3. The second kappa shape index (κ2) is 13.7. The summed E-state index contributed by atoms with van der Waals surface area (Å²) in [7, 11) is 0. The highest BCUT2D eigenvalue weighted by atomic mass is 15.2. The molecule has 3 heteroatoms. The highest BCUT2D eigenvalue weighted by Crippen LogP contribution is 2.46. The normalized spacial score (nSPS) is 12.5. The van der Waals surface area contributed by atoms with Crippen LogP contribution in [-0.2, 0) is 0 Å². The lowest BCUT2D eigenvalue weighted by molar-refractivity contribution is 1.25. The molecule has 0 unspecified atom stereocenters. The first kappa shape index (κ1) is 33.0. The SMILES string of the molecule is c1ccc(-c2ccc(N3c4cc(-c5ccccc5)ccc4B4c5ccc(-c6ccccc6)cc5N(c5cccc(-c6ccccc6)c5)c5cccc3c54)cc2)cc1. The minimum Gasteiger partial charge on any atom is -0.311 e. The molecule has 0 fully saturated rings. The monoisotopic (exact) mass is 724 g/mol. The molecule has 0 aromatic heterocycles. The van der Waals surface area contributed by atoms with Crippen molar-refractivity contribution in [2.24, 2.45) is 0 Å². The first-order valence-corrected chi connectivity index (χ1v) is 19.7. The maximum Gasteiger partial charge on any atom is 0.252 e. The maximum atomic E-state index is 2.50. The molecule has 0 amide bonds. The van der Waals surface area contributed by atoms with Crippen molar-refractivity contribution in [2.75, 3.05) is 9.80 Å². The van der Waals surface area contributed by atoms with Gasteiger partial charge in [0.2, 0.25) is 0 Å². The van der Waals surface area contributed by atoms with Gasteiger partial charge in [0.05, 0.1) is 0 Å². The Morgan fingerprint density at radius 3 is 1.11 bits per heavy atom. The molecule has 9 aromatic rings. The van der Waals surface area contributed by atoms with Crippen LogP contribution in [0.5, 0.6) is 0 Å². The molecule has 0 atom stereocenters. The van der Waals surface area contributed by atoms with E-state index < -0.39 is 0 Å². The Bertz CT molecular complexity index is 2890. The summed E-state index contributed by atoms with van der Waals surface area (Å²) in [5.41, 5.74) is 20.6. The molecule has 2 aliphatic rings. The van der Waals surface area contributed by atoms with E-state index >= 15 is 0 Å². The van der Waals surface area contributed by atoms with Gasteiger partial charge in [-0.2, -0.15) is 0 Å². The standard InChI is InChI=1S/C54H37BN2/c1-5-15-38(16-6-1)42-27-31-46(32-28-42)56-50-25-14-26-51-54(50)55(48-33-29-44(36-52(48)56)40-19-9-3-10-20-40)49-34-30-45(41-21-11-4-12-22-41)37-53(49)57(51)47-24-13-23-43(35-47)39-17-7-2-8-18-39/h1-37H. The lowest BCUT2D eigenvalue weighted by Crippen LogP contribution is -2.61. The Labute approximate surface area is 334 Å². The molecule has 2 nitrogen and oxygen atoms in total. The average molecular weight is 725 g/mol. The Balaban J connectivity index is 1.16. The molecule has 0 N–H and O–H groups in total. The fourth-order valence-corrected chi connectivity index (χ4v) is 8.99. The van der Waals surface area contributed by atoms with Crippen LogP contribution in [0.3, 0.4) is 0 Å². The summed E-state index contributed by atoms with van der Waals surface area (Å²) in [6, 6.07) is 82.0. The van der Waals surface area contributed by atoms with Crippen molar-refractivity contribution >= 4 is 57.2 Å². The van der Waals surface area contributed by atoms with Crippen molar-refractivity contribution in [2.45, 2.75) is 0 Å². The van der Waals surface area contributed by atoms with Crippen molar-refractivity contribution in [1.29, 1.82) is 0 Å². The van der Waals surface area contributed by atoms with Gasteiger partial charge in [0.1, 0.15) is 0 Å². The van der Waals surface area contributed by atoms with Crippen LogP contribution >= 0.6 is 0 Å². The van der Waals surface area contributed by atoms with Gasteiger partial charge < -0.3 is 9.80 Å². The Morgan fingerprint density at radius 1 is 0.246 bits per heavy atom. The number of hydrogen-bond donors (Lipinski definition) is 0. The molecule has 9 aromatic carbocycles. The predicted octanol–water partition coefficient (Wildman–Crippen LogP) is 12.4. The van der Waals surface area contributed by atoms with Crippen molar-refractivity contribution in [1.82, 2.24) is 0 Å². The van der Waals surface area contributed by atoms with Gasteiger partial charge in [0, 0.05) is 34.1 Å². The third kappa shape index (κ3) is 5.67. The van der Waals surface area contributed by atoms with Crippen molar-refractivity contribution in [3.63, 3.8) is 0 Å². The minimum atomic E-state index is 0.0317. The molecule has 0 spiro atoms. The van der Waals surface area contributed by atoms with E-state index in [1.54, 1.807) is 0 Å². The Kier molecular flexibility index (Phi) is 7.96. The molecule has 0 saturated carbocycles. The predicted molar refractivity (Wildman–Crippen MR) is 242 cm³/mol. The molecule has 0 aliphatic carbocycles. The number of benzene rings is 9. The van der Waals surface area contributed by atoms with E-state index in [1.165, 1.54) is 83.6 Å². The molecule has 266 valence electrons. The maximum absolute atomic E-state index is 2.50. The molecular weight excluding hydrogens is 687 g/mol. The van der Waals surface area contributed by atoms with Crippen molar-refractivity contribution in [3.8, 4) is 44.5 Å². The van der Waals surface area contributed by atoms with E-state index in [0.717, 1.165) is 11.4 Å². The van der Waals surface area contributed by atoms with Gasteiger partial charge in [-0.25, -0.2) is 0 Å². The van der Waals surface area contributed by atoms with Crippen LogP contribution in [-0.4, -0.2) is 6.71 Å². The highest BCUT2D eigenvalue weighted by Gasteiger charge is 2.43. The lowest BCUT2D eigenvalue weighted by Gasteiger charge is -2.44. The summed E-state index contributed by atoms with van der Waals surface area (Å²) in [5, 5.41) is 0. The minimum absolute atomic E-state index is 0.0317. The molecule has 0 bridgehead atoms. The van der Waals surface area contributed by atoms with Gasteiger partial charge in [0.15, 0.2) is 0 Å². The first-order valence-electron chi connectivity index (χ1n) is 19.7. The number of rotatable bonds is 6. The summed E-state index contributed by atoms with van der Waals surface area (Å²) in [6.45, 7) is 0.0317. The van der Waals surface area contributed by atoms with Crippen LogP contribution in [0.1, 0.15) is 0 Å². The van der Waals surface area contributed by atoms with E-state index in [4.69, 9.17) is 0 Å². The lowest BCUT2D eigenvalue weighted by atomic mass is 9.33. The van der Waals surface area contributed by atoms with E-state index in [2.05, 4.69) is 234 Å². The molecule has 11 rings (SSSR count). The molecule has 0 radical (unpaired) electrons. The topological polar surface area (TPSA) is 6.48 Å². The van der Waals surface area contributed by atoms with Crippen molar-refractivity contribution < 1.29 is 0 Å². The molecule has 2 heterocycles. The smallest absolute Gasteiger partial charge is 0.252 e. The zero-order valence-electron chi connectivity index (χ0n) is 31.3. The summed E-state index contributed by atoms with van der Waals surface area (Å²) < 4.78 is 0. The van der Waals surface area contributed by atoms with Crippen LogP contribution in [0.15, 0.2) is 224 Å². The van der Waals surface area contributed by atoms with Crippen LogP contribution in [0.25, 0.3) is 44.5 Å². The second-order valence-corrected chi connectivity index (χ2v) is 14.9. The third-order valence-corrected chi connectivity index (χ3v) is 11.7. The largest absolute Gasteiger partial charge is 0.311 e. The number of hydrogen-bond acceptors (Lipinski definition) is 2. The fourth-order valence-electron chi connectivity index (χ4n) is 8.99. The van der Waals surface area contributed by atoms with Crippen molar-refractivity contribution in [3.05, 3.63) is 224 Å². The van der Waals surface area contributed by atoms with Gasteiger partial charge in [-0.3, -0.25) is 0 Å². The Hall–Kier alpha value is -7.36. The van der Waals surface area contributed by atoms with E-state index in [-0.39, 0.29) is 6.71 Å². The number of anilines is 6. The molecule has 2 aliphatic heterocycles. The fraction of sp³-hybridized carbons (Fsp3) is 0. The van der Waals surface area contributed by atoms with E-state index in [9.17, 15) is 0 Å². The van der Waals surface area contributed by atoms with E-state index in [1.807, 2.05) is 0 Å². The summed E-state index contributed by atoms with van der Waals surface area (Å²) in [5.74, 6) is 0. The number of nitrogens with zero attached hydrogens (tertiary/aromatic N) is 2. The molecular formula is C54H37BN2. The average Bonchev–Trinajstić information content (AvgIpc) is 3.30. The summed E-state index contributed by atoms with van der Waals surface area (Å²) in [6.07, 6.45) is 0. The molecule has 0 saturated heterocycles. The Morgan fingerprint density at radius 2 is 0.614 bits per heavy atom. The zero-order chi connectivity index (χ0) is 37.7.